The topological polar surface area (TPSA) is 97.9 Å². The Bertz CT molecular complexity index is 902. The number of carbonyl (C=O) groups is 1. The minimum absolute atomic E-state index is 0.236. The van der Waals surface area contributed by atoms with E-state index in [4.69, 9.17) is 0 Å². The Kier molecular flexibility index (Phi) is 3.57. The average Bonchev–Trinajstić information content (AvgIpc) is 2.52. The first-order chi connectivity index (χ1) is 10.6. The van der Waals surface area contributed by atoms with E-state index in [-0.39, 0.29) is 17.8 Å². The van der Waals surface area contributed by atoms with E-state index in [9.17, 15) is 14.7 Å². The van der Waals surface area contributed by atoms with Crippen molar-refractivity contribution in [3.8, 4) is 11.3 Å². The van der Waals surface area contributed by atoms with E-state index >= 15 is 0 Å². The minimum Gasteiger partial charge on any atom is -0.548 e. The predicted molar refractivity (Wildman–Crippen MR) is 81.3 cm³/mol. The zero-order valence-corrected chi connectivity index (χ0v) is 11.5. The first-order valence-electron chi connectivity index (χ1n) is 6.67. The van der Waals surface area contributed by atoms with Crippen LogP contribution in [0, 0.1) is 0 Å². The SMILES string of the molecule is O=C([O-])CNc1ccccc1-c1nc2ccccc2[nH]c1=O. The van der Waals surface area contributed by atoms with Crippen LogP contribution in [-0.4, -0.2) is 22.5 Å². The lowest BCUT2D eigenvalue weighted by Gasteiger charge is -2.12. The summed E-state index contributed by atoms with van der Waals surface area (Å²) in [6.07, 6.45) is 0. The van der Waals surface area contributed by atoms with Crippen molar-refractivity contribution in [3.63, 3.8) is 0 Å². The number of hydrogen-bond donors (Lipinski definition) is 2. The number of fused-ring (bicyclic) bond motifs is 1. The maximum Gasteiger partial charge on any atom is 0.275 e. The summed E-state index contributed by atoms with van der Waals surface area (Å²) in [5.74, 6) is -1.23. The van der Waals surface area contributed by atoms with E-state index in [1.54, 1.807) is 36.4 Å². The Labute approximate surface area is 125 Å². The van der Waals surface area contributed by atoms with Crippen LogP contribution in [0.1, 0.15) is 0 Å². The molecule has 0 fully saturated rings. The van der Waals surface area contributed by atoms with Crippen molar-refractivity contribution in [3.05, 3.63) is 58.9 Å². The van der Waals surface area contributed by atoms with Crippen molar-refractivity contribution in [2.75, 3.05) is 11.9 Å². The molecule has 0 amide bonds. The number of carboxylic acid groups (broad SMARTS) is 1. The molecule has 0 saturated heterocycles. The standard InChI is InChI=1S/C16H13N3O3/c20-14(21)9-17-11-6-2-1-5-10(11)15-16(22)19-13-8-4-3-7-12(13)18-15/h1-8,17H,9H2,(H,19,22)(H,20,21)/p-1. The van der Waals surface area contributed by atoms with Gasteiger partial charge in [0.15, 0.2) is 0 Å². The largest absolute Gasteiger partial charge is 0.548 e. The number of carbonyl (C=O) groups excluding carboxylic acids is 1. The van der Waals surface area contributed by atoms with Gasteiger partial charge in [0.25, 0.3) is 5.56 Å². The molecular formula is C16H12N3O3-. The van der Waals surface area contributed by atoms with Crippen molar-refractivity contribution in [1.82, 2.24) is 9.97 Å². The molecule has 6 heteroatoms. The molecule has 2 aromatic carbocycles. The highest BCUT2D eigenvalue weighted by atomic mass is 16.4. The third-order valence-electron chi connectivity index (χ3n) is 3.20. The first kappa shape index (κ1) is 13.8. The van der Waals surface area contributed by atoms with Gasteiger partial charge in [0.1, 0.15) is 5.69 Å². The zero-order chi connectivity index (χ0) is 15.5. The monoisotopic (exact) mass is 294 g/mol. The van der Waals surface area contributed by atoms with E-state index < -0.39 is 5.97 Å². The van der Waals surface area contributed by atoms with Crippen LogP contribution in [0.25, 0.3) is 22.3 Å². The number of hydrogen-bond acceptors (Lipinski definition) is 5. The molecule has 1 aromatic heterocycles. The number of nitrogens with one attached hydrogen (secondary N) is 2. The molecule has 0 radical (unpaired) electrons. The van der Waals surface area contributed by atoms with Crippen LogP contribution < -0.4 is 16.0 Å². The number of H-pyrrole nitrogens is 1. The van der Waals surface area contributed by atoms with Gasteiger partial charge in [-0.05, 0) is 18.2 Å². The van der Waals surface area contributed by atoms with Crippen LogP contribution in [-0.2, 0) is 4.79 Å². The Morgan fingerprint density at radius 1 is 1.14 bits per heavy atom. The number of rotatable bonds is 4. The number of anilines is 1. The smallest absolute Gasteiger partial charge is 0.275 e. The van der Waals surface area contributed by atoms with Gasteiger partial charge in [0.2, 0.25) is 0 Å². The Balaban J connectivity index is 2.13. The summed E-state index contributed by atoms with van der Waals surface area (Å²) >= 11 is 0. The molecule has 0 aliphatic carbocycles. The summed E-state index contributed by atoms with van der Waals surface area (Å²) in [5, 5.41) is 13.3. The number of benzene rings is 2. The van der Waals surface area contributed by atoms with Crippen molar-refractivity contribution in [2.45, 2.75) is 0 Å². The molecule has 0 atom stereocenters. The molecule has 0 aliphatic rings. The fourth-order valence-electron chi connectivity index (χ4n) is 2.22. The highest BCUT2D eigenvalue weighted by Gasteiger charge is 2.11. The van der Waals surface area contributed by atoms with Gasteiger partial charge in [-0.2, -0.15) is 0 Å². The van der Waals surface area contributed by atoms with E-state index in [0.29, 0.717) is 22.3 Å². The highest BCUT2D eigenvalue weighted by molar-refractivity contribution is 5.82. The molecule has 2 N–H and O–H groups in total. The van der Waals surface area contributed by atoms with Gasteiger partial charge in [-0.15, -0.1) is 0 Å². The van der Waals surface area contributed by atoms with Crippen LogP contribution in [0.5, 0.6) is 0 Å². The number of nitrogens with zero attached hydrogens (tertiary/aromatic N) is 1. The Morgan fingerprint density at radius 2 is 1.86 bits per heavy atom. The third kappa shape index (κ3) is 2.67. The Hall–Kier alpha value is -3.15. The van der Waals surface area contributed by atoms with Crippen molar-refractivity contribution >= 4 is 22.7 Å². The lowest BCUT2D eigenvalue weighted by Crippen LogP contribution is -2.30. The normalized spacial score (nSPS) is 10.5. The van der Waals surface area contributed by atoms with Crippen LogP contribution >= 0.6 is 0 Å². The lowest BCUT2D eigenvalue weighted by molar-refractivity contribution is -0.302. The number of aromatic amines is 1. The summed E-state index contributed by atoms with van der Waals surface area (Å²) in [6, 6.07) is 14.1. The van der Waals surface area contributed by atoms with Crippen LogP contribution in [0.2, 0.25) is 0 Å². The van der Waals surface area contributed by atoms with Gasteiger partial charge in [-0.25, -0.2) is 4.98 Å². The quantitative estimate of drug-likeness (QED) is 0.740. The fourth-order valence-corrected chi connectivity index (χ4v) is 2.22. The second-order valence-electron chi connectivity index (χ2n) is 4.70. The summed E-state index contributed by atoms with van der Waals surface area (Å²) < 4.78 is 0. The van der Waals surface area contributed by atoms with Gasteiger partial charge < -0.3 is 20.2 Å². The molecule has 0 saturated carbocycles. The van der Waals surface area contributed by atoms with Crippen LogP contribution in [0.15, 0.2) is 53.3 Å². The second kappa shape index (κ2) is 5.69. The molecule has 3 rings (SSSR count). The van der Waals surface area contributed by atoms with Crippen molar-refractivity contribution in [1.29, 1.82) is 0 Å². The number of aromatic nitrogens is 2. The molecule has 3 aromatic rings. The summed E-state index contributed by atoms with van der Waals surface area (Å²) in [4.78, 5) is 30.0. The number of para-hydroxylation sites is 3. The highest BCUT2D eigenvalue weighted by Crippen LogP contribution is 2.24. The zero-order valence-electron chi connectivity index (χ0n) is 11.5. The minimum atomic E-state index is -1.23. The summed E-state index contributed by atoms with van der Waals surface area (Å²) in [6.45, 7) is -0.345. The molecule has 110 valence electrons. The number of carboxylic acids is 1. The van der Waals surface area contributed by atoms with Gasteiger partial charge in [-0.1, -0.05) is 30.3 Å². The van der Waals surface area contributed by atoms with E-state index in [1.165, 1.54) is 0 Å². The molecule has 0 bridgehead atoms. The van der Waals surface area contributed by atoms with E-state index in [1.807, 2.05) is 12.1 Å². The van der Waals surface area contributed by atoms with Gasteiger partial charge in [0.05, 0.1) is 23.5 Å². The van der Waals surface area contributed by atoms with Gasteiger partial charge in [-0.3, -0.25) is 4.79 Å². The third-order valence-corrected chi connectivity index (χ3v) is 3.20. The predicted octanol–water partition coefficient (Wildman–Crippen LogP) is 0.752. The number of aliphatic carboxylic acids is 1. The summed E-state index contributed by atoms with van der Waals surface area (Å²) in [7, 11) is 0. The molecule has 22 heavy (non-hydrogen) atoms. The first-order valence-corrected chi connectivity index (χ1v) is 6.67. The molecule has 0 aliphatic heterocycles. The fraction of sp³-hybridized carbons (Fsp3) is 0.0625. The molecule has 1 heterocycles. The van der Waals surface area contributed by atoms with Gasteiger partial charge >= 0.3 is 0 Å². The van der Waals surface area contributed by atoms with Crippen LogP contribution in [0.3, 0.4) is 0 Å². The Morgan fingerprint density at radius 3 is 2.68 bits per heavy atom. The van der Waals surface area contributed by atoms with E-state index in [2.05, 4.69) is 15.3 Å². The second-order valence-corrected chi connectivity index (χ2v) is 4.70. The van der Waals surface area contributed by atoms with Gasteiger partial charge in [0, 0.05) is 11.3 Å². The van der Waals surface area contributed by atoms with Crippen molar-refractivity contribution in [2.24, 2.45) is 0 Å². The molecule has 6 nitrogen and oxygen atoms in total. The lowest BCUT2D eigenvalue weighted by atomic mass is 10.1. The molecule has 0 unspecified atom stereocenters. The molecular weight excluding hydrogens is 282 g/mol. The maximum absolute atomic E-state index is 12.2. The van der Waals surface area contributed by atoms with Crippen LogP contribution in [0.4, 0.5) is 5.69 Å². The maximum atomic E-state index is 12.2. The van der Waals surface area contributed by atoms with Crippen molar-refractivity contribution < 1.29 is 9.90 Å². The van der Waals surface area contributed by atoms with E-state index in [0.717, 1.165) is 0 Å². The summed E-state index contributed by atoms with van der Waals surface area (Å²) in [5.41, 5.74) is 2.26. The molecule has 0 spiro atoms. The average molecular weight is 294 g/mol.